The Kier molecular flexibility index (Phi) is 12.2. The molecular weight excluding hydrogens is 565 g/mol. The second kappa shape index (κ2) is 13.1. The Balaban J connectivity index is 0.000000462. The third-order valence-electron chi connectivity index (χ3n) is 8.07. The second-order valence-corrected chi connectivity index (χ2v) is 21.5. The largest absolute Gasteiger partial charge is 0.449 e. The quantitative estimate of drug-likeness (QED) is 0.282. The summed E-state index contributed by atoms with van der Waals surface area (Å²) < 4.78 is 5.97. The van der Waals surface area contributed by atoms with Crippen molar-refractivity contribution in [2.24, 2.45) is 5.41 Å². The van der Waals surface area contributed by atoms with Gasteiger partial charge >= 0.3 is 0 Å². The Hall–Kier alpha value is -0.444. The molecule has 0 aromatic heterocycles. The molecule has 0 bridgehead atoms. The topological polar surface area (TPSA) is 12.5 Å². The van der Waals surface area contributed by atoms with Gasteiger partial charge in [0, 0.05) is 38.2 Å². The zero-order valence-electron chi connectivity index (χ0n) is 25.1. The van der Waals surface area contributed by atoms with Crippen molar-refractivity contribution in [3.05, 3.63) is 53.9 Å². The van der Waals surface area contributed by atoms with Gasteiger partial charge in [-0.05, 0) is 87.7 Å². The molecule has 0 atom stereocenters. The van der Waals surface area contributed by atoms with Gasteiger partial charge in [-0.3, -0.25) is 0 Å². The van der Waals surface area contributed by atoms with Crippen molar-refractivity contribution in [3.63, 3.8) is 0 Å². The van der Waals surface area contributed by atoms with Crippen LogP contribution in [0.15, 0.2) is 42.8 Å². The van der Waals surface area contributed by atoms with E-state index >= 15 is 0 Å². The minimum atomic E-state index is -1.58. The fourth-order valence-corrected chi connectivity index (χ4v) is 12.3. The Morgan fingerprint density at radius 1 is 0.861 bits per heavy atom. The van der Waals surface area contributed by atoms with Crippen LogP contribution in [0.4, 0.5) is 5.69 Å². The van der Waals surface area contributed by atoms with E-state index in [1.807, 2.05) is 11.4 Å². The smallest absolute Gasteiger partial charge is 0.198 e. The summed E-state index contributed by atoms with van der Waals surface area (Å²) >= 11 is 0. The molecule has 0 amide bonds. The molecule has 1 aromatic rings. The molecule has 3 rings (SSSR count). The van der Waals surface area contributed by atoms with Crippen LogP contribution in [0.2, 0.25) is 26.2 Å². The zero-order chi connectivity index (χ0) is 26.7. The van der Waals surface area contributed by atoms with Crippen LogP contribution in [0.1, 0.15) is 103 Å². The van der Waals surface area contributed by atoms with Gasteiger partial charge in [0.15, 0.2) is 16.6 Å². The molecular formula is C31H55NOPdSi2. The van der Waals surface area contributed by atoms with Crippen molar-refractivity contribution in [1.82, 2.24) is 0 Å². The molecule has 1 aliphatic heterocycles. The molecule has 208 valence electrons. The minimum Gasteiger partial charge on any atom is -0.449 e. The van der Waals surface area contributed by atoms with E-state index in [1.165, 1.54) is 45.1 Å². The molecule has 2 fully saturated rings. The molecule has 5 heteroatoms. The van der Waals surface area contributed by atoms with E-state index in [9.17, 15) is 0 Å². The molecule has 36 heavy (non-hydrogen) atoms. The molecule has 0 N–H and O–H groups in total. The zero-order valence-corrected chi connectivity index (χ0v) is 28.6. The molecule has 1 saturated carbocycles. The molecule has 1 aliphatic carbocycles. The van der Waals surface area contributed by atoms with Crippen LogP contribution in [0.5, 0.6) is 0 Å². The van der Waals surface area contributed by atoms with Gasteiger partial charge in [0.2, 0.25) is 0 Å². The number of hydrogen-bond acceptors (Lipinski definition) is 2. The fraction of sp³-hybridized carbons (Fsp3) is 0.677. The number of nitrogens with zero attached hydrogens (tertiary/aromatic N) is 1. The summed E-state index contributed by atoms with van der Waals surface area (Å²) in [6.07, 6.45) is 8.56. The first-order valence-electron chi connectivity index (χ1n) is 14.0. The van der Waals surface area contributed by atoms with E-state index in [0.29, 0.717) is 17.3 Å². The first kappa shape index (κ1) is 33.6. The average molecular weight is 620 g/mol. The van der Waals surface area contributed by atoms with Crippen LogP contribution in [0.3, 0.4) is 0 Å². The van der Waals surface area contributed by atoms with Crippen LogP contribution >= 0.6 is 0 Å². The summed E-state index contributed by atoms with van der Waals surface area (Å²) in [6.45, 7) is 31.8. The predicted octanol–water partition coefficient (Wildman–Crippen LogP) is 9.73. The third kappa shape index (κ3) is 8.53. The van der Waals surface area contributed by atoms with E-state index in [2.05, 4.69) is 104 Å². The SMILES string of the molecule is C=C[Si](C)(C)O[Si](C)(C)C=C.CC(C)c1cccc(C(C)C)c1N1CC2(CCCCC2)CC1(C)C.[Pd]. The Labute approximate surface area is 240 Å². The second-order valence-electron chi connectivity index (χ2n) is 13.4. The van der Waals surface area contributed by atoms with Gasteiger partial charge in [0.25, 0.3) is 0 Å². The van der Waals surface area contributed by atoms with Crippen molar-refractivity contribution in [1.29, 1.82) is 0 Å². The molecule has 1 aromatic carbocycles. The Morgan fingerprint density at radius 3 is 1.69 bits per heavy atom. The minimum absolute atomic E-state index is 0. The van der Waals surface area contributed by atoms with Crippen molar-refractivity contribution in [2.75, 3.05) is 11.4 Å². The van der Waals surface area contributed by atoms with E-state index in [0.717, 1.165) is 0 Å². The molecule has 1 saturated heterocycles. The van der Waals surface area contributed by atoms with Crippen LogP contribution in [0, 0.1) is 5.41 Å². The normalized spacial score (nSPS) is 19.1. The van der Waals surface area contributed by atoms with Crippen molar-refractivity contribution in [3.8, 4) is 0 Å². The molecule has 1 spiro atoms. The third-order valence-corrected chi connectivity index (χ3v) is 14.2. The van der Waals surface area contributed by atoms with Crippen molar-refractivity contribution < 1.29 is 24.5 Å². The molecule has 0 unspecified atom stereocenters. The van der Waals surface area contributed by atoms with E-state index in [1.54, 1.807) is 16.8 Å². The average Bonchev–Trinajstić information content (AvgIpc) is 3.02. The predicted molar refractivity (Wildman–Crippen MR) is 163 cm³/mol. The van der Waals surface area contributed by atoms with Gasteiger partial charge in [0.1, 0.15) is 0 Å². The van der Waals surface area contributed by atoms with Crippen LogP contribution < -0.4 is 4.90 Å². The van der Waals surface area contributed by atoms with Gasteiger partial charge in [-0.1, -0.05) is 76.6 Å². The van der Waals surface area contributed by atoms with Gasteiger partial charge in [-0.25, -0.2) is 0 Å². The van der Waals surface area contributed by atoms with E-state index in [-0.39, 0.29) is 26.0 Å². The Bertz CT molecular complexity index is 825. The van der Waals surface area contributed by atoms with Gasteiger partial charge < -0.3 is 9.02 Å². The summed E-state index contributed by atoms with van der Waals surface area (Å²) in [7, 11) is -3.16. The number of para-hydroxylation sites is 1. The molecule has 0 radical (unpaired) electrons. The first-order valence-corrected chi connectivity index (χ1v) is 19.9. The molecule has 2 nitrogen and oxygen atoms in total. The van der Waals surface area contributed by atoms with Gasteiger partial charge in [-0.15, -0.1) is 13.2 Å². The van der Waals surface area contributed by atoms with Crippen LogP contribution in [-0.2, 0) is 24.5 Å². The van der Waals surface area contributed by atoms with Crippen molar-refractivity contribution >= 4 is 22.3 Å². The monoisotopic (exact) mass is 619 g/mol. The summed E-state index contributed by atoms with van der Waals surface area (Å²) in [5.74, 6) is 1.16. The standard InChI is InChI=1S/C23H37N.C8H18OSi2.Pd/c1-17(2)19-11-10-12-20(18(3)4)21(19)24-16-23(15-22(24,5)6)13-8-7-9-14-23;1-7-10(3,4)9-11(5,6)8-2;/h10-12,17-18H,7-9,13-16H2,1-6H3;7-8H,1-2H2,3-6H3;. The van der Waals surface area contributed by atoms with E-state index in [4.69, 9.17) is 4.12 Å². The van der Waals surface area contributed by atoms with Gasteiger partial charge in [-0.2, -0.15) is 0 Å². The summed E-state index contributed by atoms with van der Waals surface area (Å²) in [5, 5.41) is 0. The van der Waals surface area contributed by atoms with Gasteiger partial charge in [0.05, 0.1) is 0 Å². The van der Waals surface area contributed by atoms with Crippen molar-refractivity contribution in [2.45, 2.75) is 124 Å². The summed E-state index contributed by atoms with van der Waals surface area (Å²) in [4.78, 5) is 2.81. The number of rotatable bonds is 7. The van der Waals surface area contributed by atoms with Crippen LogP contribution in [-0.4, -0.2) is 28.7 Å². The Morgan fingerprint density at radius 2 is 1.31 bits per heavy atom. The molecule has 2 aliphatic rings. The number of anilines is 1. The fourth-order valence-electron chi connectivity index (χ4n) is 6.22. The summed E-state index contributed by atoms with van der Waals surface area (Å²) in [5.41, 5.74) is 9.42. The maximum Gasteiger partial charge on any atom is 0.198 e. The number of benzene rings is 1. The first-order chi connectivity index (χ1) is 16.1. The van der Waals surface area contributed by atoms with Crippen LogP contribution in [0.25, 0.3) is 0 Å². The summed E-state index contributed by atoms with van der Waals surface area (Å²) in [6, 6.07) is 7.01. The maximum atomic E-state index is 5.97. The number of hydrogen-bond donors (Lipinski definition) is 0. The maximum absolute atomic E-state index is 5.97. The van der Waals surface area contributed by atoms with E-state index < -0.39 is 16.6 Å². The molecule has 1 heterocycles.